The van der Waals surface area contributed by atoms with Crippen molar-refractivity contribution in [1.82, 2.24) is 4.98 Å². The van der Waals surface area contributed by atoms with E-state index < -0.39 is 11.8 Å². The van der Waals surface area contributed by atoms with Gasteiger partial charge in [0.15, 0.2) is 11.6 Å². The highest BCUT2D eigenvalue weighted by molar-refractivity contribution is 5.88. The summed E-state index contributed by atoms with van der Waals surface area (Å²) in [4.78, 5) is 14.7. The van der Waals surface area contributed by atoms with Crippen molar-refractivity contribution in [2.45, 2.75) is 31.4 Å². The van der Waals surface area contributed by atoms with Gasteiger partial charge in [0.25, 0.3) is 0 Å². The van der Waals surface area contributed by atoms with Crippen LogP contribution in [0.4, 0.5) is 10.2 Å². The molecule has 18 heavy (non-hydrogen) atoms. The molecule has 0 aliphatic heterocycles. The highest BCUT2D eigenvalue weighted by Crippen LogP contribution is 2.26. The molecule has 0 amide bonds. The molecule has 5 nitrogen and oxygen atoms in total. The summed E-state index contributed by atoms with van der Waals surface area (Å²) in [5, 5.41) is 11.8. The summed E-state index contributed by atoms with van der Waals surface area (Å²) in [7, 11) is 1.61. The standard InChI is InChI=1S/C12H15FN2O3/c1-18-9-4-2-3-8(9)15-11-10(13)7(12(16)17)5-6-14-11/h5-6,8-9H,2-4H2,1H3,(H,14,15)(H,16,17). The van der Waals surface area contributed by atoms with Gasteiger partial charge in [-0.25, -0.2) is 14.2 Å². The Balaban J connectivity index is 2.19. The van der Waals surface area contributed by atoms with Gasteiger partial charge >= 0.3 is 5.97 Å². The second kappa shape index (κ2) is 5.30. The molecule has 1 aliphatic rings. The van der Waals surface area contributed by atoms with Crippen LogP contribution in [0.15, 0.2) is 12.3 Å². The molecule has 0 radical (unpaired) electrons. The Labute approximate surface area is 104 Å². The summed E-state index contributed by atoms with van der Waals surface area (Å²) >= 11 is 0. The zero-order valence-electron chi connectivity index (χ0n) is 10.0. The summed E-state index contributed by atoms with van der Waals surface area (Å²) in [6.07, 6.45) is 4.06. The molecule has 0 bridgehead atoms. The first-order chi connectivity index (χ1) is 8.63. The van der Waals surface area contributed by atoms with Gasteiger partial charge in [0.2, 0.25) is 0 Å². The van der Waals surface area contributed by atoms with Crippen molar-refractivity contribution in [3.8, 4) is 0 Å². The molecule has 98 valence electrons. The molecular weight excluding hydrogens is 239 g/mol. The Morgan fingerprint density at radius 3 is 3.06 bits per heavy atom. The largest absolute Gasteiger partial charge is 0.478 e. The van der Waals surface area contributed by atoms with Crippen LogP contribution in [0.5, 0.6) is 0 Å². The topological polar surface area (TPSA) is 71.5 Å². The molecule has 1 saturated carbocycles. The van der Waals surface area contributed by atoms with Gasteiger partial charge in [-0.2, -0.15) is 0 Å². The molecule has 1 heterocycles. The van der Waals surface area contributed by atoms with Crippen LogP contribution in [0.2, 0.25) is 0 Å². The van der Waals surface area contributed by atoms with Crippen molar-refractivity contribution in [2.75, 3.05) is 12.4 Å². The maximum atomic E-state index is 13.9. The minimum Gasteiger partial charge on any atom is -0.478 e. The van der Waals surface area contributed by atoms with Crippen molar-refractivity contribution < 1.29 is 19.0 Å². The van der Waals surface area contributed by atoms with Crippen LogP contribution >= 0.6 is 0 Å². The van der Waals surface area contributed by atoms with Gasteiger partial charge in [-0.3, -0.25) is 0 Å². The van der Waals surface area contributed by atoms with Crippen molar-refractivity contribution in [3.05, 3.63) is 23.6 Å². The fraction of sp³-hybridized carbons (Fsp3) is 0.500. The molecule has 1 aromatic rings. The van der Waals surface area contributed by atoms with E-state index in [4.69, 9.17) is 9.84 Å². The molecule has 6 heteroatoms. The molecule has 2 unspecified atom stereocenters. The number of rotatable bonds is 4. The number of hydrogen-bond donors (Lipinski definition) is 2. The summed E-state index contributed by atoms with van der Waals surface area (Å²) in [6, 6.07) is 1.12. The van der Waals surface area contributed by atoms with Crippen LogP contribution in [0.1, 0.15) is 29.6 Å². The lowest BCUT2D eigenvalue weighted by atomic mass is 10.2. The number of anilines is 1. The molecule has 1 aliphatic carbocycles. The number of hydrogen-bond acceptors (Lipinski definition) is 4. The predicted molar refractivity (Wildman–Crippen MR) is 63.2 cm³/mol. The second-order valence-electron chi connectivity index (χ2n) is 4.28. The highest BCUT2D eigenvalue weighted by Gasteiger charge is 2.28. The molecule has 0 spiro atoms. The average Bonchev–Trinajstić information content (AvgIpc) is 2.78. The average molecular weight is 254 g/mol. The Kier molecular flexibility index (Phi) is 3.76. The number of carboxylic acid groups (broad SMARTS) is 1. The van der Waals surface area contributed by atoms with Gasteiger partial charge < -0.3 is 15.2 Å². The zero-order chi connectivity index (χ0) is 13.1. The number of pyridine rings is 1. The van der Waals surface area contributed by atoms with E-state index in [0.717, 1.165) is 25.3 Å². The molecule has 1 fully saturated rings. The second-order valence-corrected chi connectivity index (χ2v) is 4.28. The predicted octanol–water partition coefficient (Wildman–Crippen LogP) is 1.90. The maximum absolute atomic E-state index is 13.9. The summed E-state index contributed by atoms with van der Waals surface area (Å²) in [5.41, 5.74) is -0.375. The van der Waals surface area contributed by atoms with E-state index in [2.05, 4.69) is 10.3 Å². The van der Waals surface area contributed by atoms with Crippen molar-refractivity contribution in [1.29, 1.82) is 0 Å². The Hall–Kier alpha value is -1.69. The quantitative estimate of drug-likeness (QED) is 0.858. The van der Waals surface area contributed by atoms with Gasteiger partial charge in [-0.1, -0.05) is 0 Å². The fourth-order valence-electron chi connectivity index (χ4n) is 2.26. The van der Waals surface area contributed by atoms with Gasteiger partial charge in [0.1, 0.15) is 5.56 Å². The molecule has 1 aromatic heterocycles. The van der Waals surface area contributed by atoms with E-state index in [9.17, 15) is 9.18 Å². The van der Waals surface area contributed by atoms with Crippen LogP contribution in [-0.2, 0) is 4.74 Å². The molecule has 0 aromatic carbocycles. The molecular formula is C12H15FN2O3. The third-order valence-corrected chi connectivity index (χ3v) is 3.20. The number of aromatic nitrogens is 1. The number of aromatic carboxylic acids is 1. The fourth-order valence-corrected chi connectivity index (χ4v) is 2.26. The number of carboxylic acids is 1. The first-order valence-corrected chi connectivity index (χ1v) is 5.80. The number of halogens is 1. The molecule has 0 saturated heterocycles. The van der Waals surface area contributed by atoms with Gasteiger partial charge in [-0.05, 0) is 25.3 Å². The highest BCUT2D eigenvalue weighted by atomic mass is 19.1. The zero-order valence-corrected chi connectivity index (χ0v) is 10.0. The Morgan fingerprint density at radius 2 is 2.39 bits per heavy atom. The van der Waals surface area contributed by atoms with Gasteiger partial charge in [0.05, 0.1) is 12.1 Å². The van der Waals surface area contributed by atoms with Crippen LogP contribution in [-0.4, -0.2) is 35.3 Å². The van der Waals surface area contributed by atoms with E-state index in [0.29, 0.717) is 0 Å². The minimum absolute atomic E-state index is 0.0136. The van der Waals surface area contributed by atoms with E-state index >= 15 is 0 Å². The number of nitrogens with one attached hydrogen (secondary N) is 1. The molecule has 2 N–H and O–H groups in total. The monoisotopic (exact) mass is 254 g/mol. The lowest BCUT2D eigenvalue weighted by Crippen LogP contribution is -2.30. The van der Waals surface area contributed by atoms with Crippen LogP contribution in [0.3, 0.4) is 0 Å². The SMILES string of the molecule is COC1CCCC1Nc1nccc(C(=O)O)c1F. The third kappa shape index (κ3) is 2.43. The third-order valence-electron chi connectivity index (χ3n) is 3.20. The number of carbonyl (C=O) groups is 1. The van der Waals surface area contributed by atoms with Crippen molar-refractivity contribution in [2.24, 2.45) is 0 Å². The van der Waals surface area contributed by atoms with E-state index in [1.165, 1.54) is 6.20 Å². The maximum Gasteiger partial charge on any atom is 0.338 e. The van der Waals surface area contributed by atoms with Crippen LogP contribution in [0.25, 0.3) is 0 Å². The number of methoxy groups -OCH3 is 1. The summed E-state index contributed by atoms with van der Waals surface area (Å²) in [5.74, 6) is -2.15. The summed E-state index contributed by atoms with van der Waals surface area (Å²) < 4.78 is 19.1. The van der Waals surface area contributed by atoms with Crippen LogP contribution < -0.4 is 5.32 Å². The molecule has 2 rings (SSSR count). The minimum atomic E-state index is -1.30. The van der Waals surface area contributed by atoms with Crippen molar-refractivity contribution >= 4 is 11.8 Å². The lowest BCUT2D eigenvalue weighted by Gasteiger charge is -2.20. The van der Waals surface area contributed by atoms with E-state index in [-0.39, 0.29) is 23.5 Å². The smallest absolute Gasteiger partial charge is 0.338 e. The van der Waals surface area contributed by atoms with Crippen molar-refractivity contribution in [3.63, 3.8) is 0 Å². The lowest BCUT2D eigenvalue weighted by molar-refractivity contribution is 0.0692. The molecule has 2 atom stereocenters. The van der Waals surface area contributed by atoms with E-state index in [1.54, 1.807) is 7.11 Å². The van der Waals surface area contributed by atoms with E-state index in [1.807, 2.05) is 0 Å². The van der Waals surface area contributed by atoms with Gasteiger partial charge in [0, 0.05) is 13.3 Å². The normalized spacial score (nSPS) is 23.0. The Morgan fingerprint density at radius 1 is 1.61 bits per heavy atom. The number of ether oxygens (including phenoxy) is 1. The van der Waals surface area contributed by atoms with Crippen LogP contribution in [0, 0.1) is 5.82 Å². The number of nitrogens with zero attached hydrogens (tertiary/aromatic N) is 1. The first kappa shape index (κ1) is 12.8. The first-order valence-electron chi connectivity index (χ1n) is 5.80. The summed E-state index contributed by atoms with van der Waals surface area (Å²) in [6.45, 7) is 0. The van der Waals surface area contributed by atoms with Gasteiger partial charge in [-0.15, -0.1) is 0 Å². The Bertz CT molecular complexity index is 453.